The topological polar surface area (TPSA) is 86.8 Å². The molecule has 7 nitrogen and oxygen atoms in total. The van der Waals surface area contributed by atoms with Crippen molar-refractivity contribution in [1.82, 2.24) is 10.2 Å². The molecule has 2 amide bonds. The van der Waals surface area contributed by atoms with Crippen LogP contribution in [0.5, 0.6) is 0 Å². The lowest BCUT2D eigenvalue weighted by Gasteiger charge is -2.33. The van der Waals surface area contributed by atoms with Gasteiger partial charge in [0.05, 0.1) is 11.9 Å². The molecule has 0 bridgehead atoms. The minimum absolute atomic E-state index is 0.0363. The zero-order valence-electron chi connectivity index (χ0n) is 21.9. The van der Waals surface area contributed by atoms with Crippen LogP contribution in [0.15, 0.2) is 48.5 Å². The van der Waals surface area contributed by atoms with Gasteiger partial charge in [-0.1, -0.05) is 63.2 Å². The Bertz CT molecular complexity index is 1130. The molecule has 0 aliphatic rings. The summed E-state index contributed by atoms with van der Waals surface area (Å²) in [6.45, 7) is 11.3. The summed E-state index contributed by atoms with van der Waals surface area (Å²) in [7, 11) is -3.77. The lowest BCUT2D eigenvalue weighted by Crippen LogP contribution is -2.52. The molecule has 0 heterocycles. The normalized spacial score (nSPS) is 13.3. The van der Waals surface area contributed by atoms with E-state index in [-0.39, 0.29) is 24.4 Å². The van der Waals surface area contributed by atoms with Gasteiger partial charge in [-0.25, -0.2) is 8.42 Å². The third-order valence-corrected chi connectivity index (χ3v) is 7.40. The molecule has 0 fully saturated rings. The summed E-state index contributed by atoms with van der Waals surface area (Å²) in [4.78, 5) is 28.2. The van der Waals surface area contributed by atoms with Crippen molar-refractivity contribution in [3.63, 3.8) is 0 Å². The molecule has 8 heteroatoms. The number of para-hydroxylation sites is 1. The quantitative estimate of drug-likeness (QED) is 0.500. The molecule has 2 rings (SSSR count). The minimum atomic E-state index is -3.77. The molecule has 35 heavy (non-hydrogen) atoms. The Morgan fingerprint density at radius 1 is 0.971 bits per heavy atom. The molecule has 0 aliphatic heterocycles. The Labute approximate surface area is 210 Å². The van der Waals surface area contributed by atoms with Crippen molar-refractivity contribution in [2.24, 2.45) is 0 Å². The summed E-state index contributed by atoms with van der Waals surface area (Å²) < 4.78 is 26.8. The Balaban J connectivity index is 2.47. The van der Waals surface area contributed by atoms with Crippen molar-refractivity contribution >= 4 is 27.5 Å². The molecule has 0 saturated carbocycles. The molecule has 0 radical (unpaired) electrons. The number of carbonyl (C=O) groups is 2. The standard InChI is InChI=1S/C27H39N3O4S/c1-8-21(5)28-27(32)22(6)29(17-23-14-10-9-13-20(23)4)26(31)18-30(35(7,33)34)25-16-12-11-15-24(25)19(2)3/h9-16,19,21-22H,8,17-18H2,1-7H3,(H,28,32)/t21-,22-/m1/s1. The molecule has 1 N–H and O–H groups in total. The highest BCUT2D eigenvalue weighted by molar-refractivity contribution is 7.92. The number of aryl methyl sites for hydroxylation is 1. The first-order valence-electron chi connectivity index (χ1n) is 12.1. The van der Waals surface area contributed by atoms with Crippen LogP contribution in [0.4, 0.5) is 5.69 Å². The maximum absolute atomic E-state index is 13.7. The fourth-order valence-electron chi connectivity index (χ4n) is 3.82. The number of hydrogen-bond donors (Lipinski definition) is 1. The summed E-state index contributed by atoms with van der Waals surface area (Å²) in [6, 6.07) is 14.0. The predicted molar refractivity (Wildman–Crippen MR) is 142 cm³/mol. The lowest BCUT2D eigenvalue weighted by atomic mass is 10.0. The number of hydrogen-bond acceptors (Lipinski definition) is 4. The highest BCUT2D eigenvalue weighted by Crippen LogP contribution is 2.29. The maximum Gasteiger partial charge on any atom is 0.244 e. The largest absolute Gasteiger partial charge is 0.352 e. The third kappa shape index (κ3) is 7.56. The Hall–Kier alpha value is -2.87. The van der Waals surface area contributed by atoms with E-state index in [2.05, 4.69) is 5.32 Å². The molecular formula is C27H39N3O4S. The Morgan fingerprint density at radius 2 is 1.57 bits per heavy atom. The smallest absolute Gasteiger partial charge is 0.244 e. The molecule has 0 aromatic heterocycles. The molecule has 0 spiro atoms. The van der Waals surface area contributed by atoms with E-state index in [0.29, 0.717) is 5.69 Å². The number of rotatable bonds is 11. The summed E-state index contributed by atoms with van der Waals surface area (Å²) in [5.41, 5.74) is 3.20. The van der Waals surface area contributed by atoms with Gasteiger partial charge in [-0.15, -0.1) is 0 Å². The SMILES string of the molecule is CC[C@@H](C)NC(=O)[C@@H](C)N(Cc1ccccc1C)C(=O)CN(c1ccccc1C(C)C)S(C)(=O)=O. The molecule has 0 saturated heterocycles. The van der Waals surface area contributed by atoms with Crippen molar-refractivity contribution < 1.29 is 18.0 Å². The fourth-order valence-corrected chi connectivity index (χ4v) is 4.69. The van der Waals surface area contributed by atoms with E-state index in [1.54, 1.807) is 19.1 Å². The molecule has 192 valence electrons. The van der Waals surface area contributed by atoms with E-state index in [1.165, 1.54) is 4.90 Å². The molecule has 0 aliphatic carbocycles. The average molecular weight is 502 g/mol. The zero-order chi connectivity index (χ0) is 26.3. The van der Waals surface area contributed by atoms with E-state index < -0.39 is 28.5 Å². The predicted octanol–water partition coefficient (Wildman–Crippen LogP) is 4.22. The van der Waals surface area contributed by atoms with Crippen molar-refractivity contribution in [3.05, 3.63) is 65.2 Å². The Kier molecular flexibility index (Phi) is 9.89. The first-order chi connectivity index (χ1) is 16.4. The van der Waals surface area contributed by atoms with Gasteiger partial charge >= 0.3 is 0 Å². The van der Waals surface area contributed by atoms with Gasteiger partial charge in [-0.3, -0.25) is 13.9 Å². The fraction of sp³-hybridized carbons (Fsp3) is 0.481. The van der Waals surface area contributed by atoms with Crippen LogP contribution >= 0.6 is 0 Å². The van der Waals surface area contributed by atoms with Crippen LogP contribution < -0.4 is 9.62 Å². The van der Waals surface area contributed by atoms with E-state index in [4.69, 9.17) is 0 Å². The van der Waals surface area contributed by atoms with Gasteiger partial charge in [0.2, 0.25) is 21.8 Å². The van der Waals surface area contributed by atoms with Gasteiger partial charge in [0, 0.05) is 12.6 Å². The number of amides is 2. The monoisotopic (exact) mass is 501 g/mol. The first kappa shape index (κ1) is 28.4. The second-order valence-electron chi connectivity index (χ2n) is 9.43. The van der Waals surface area contributed by atoms with Crippen LogP contribution in [-0.4, -0.2) is 50.0 Å². The van der Waals surface area contributed by atoms with Gasteiger partial charge in [-0.05, 0) is 55.9 Å². The van der Waals surface area contributed by atoms with E-state index in [1.807, 2.05) is 71.0 Å². The molecular weight excluding hydrogens is 462 g/mol. The van der Waals surface area contributed by atoms with E-state index in [0.717, 1.165) is 33.7 Å². The van der Waals surface area contributed by atoms with Crippen molar-refractivity contribution in [1.29, 1.82) is 0 Å². The highest BCUT2D eigenvalue weighted by Gasteiger charge is 2.31. The number of nitrogens with zero attached hydrogens (tertiary/aromatic N) is 2. The highest BCUT2D eigenvalue weighted by atomic mass is 32.2. The minimum Gasteiger partial charge on any atom is -0.352 e. The van der Waals surface area contributed by atoms with Crippen LogP contribution in [0.25, 0.3) is 0 Å². The van der Waals surface area contributed by atoms with Gasteiger partial charge in [-0.2, -0.15) is 0 Å². The summed E-state index contributed by atoms with van der Waals surface area (Å²) in [6.07, 6.45) is 1.86. The molecule has 2 aromatic carbocycles. The van der Waals surface area contributed by atoms with Crippen molar-refractivity contribution in [2.75, 3.05) is 17.1 Å². The van der Waals surface area contributed by atoms with Gasteiger partial charge < -0.3 is 10.2 Å². The molecule has 2 aromatic rings. The third-order valence-electron chi connectivity index (χ3n) is 6.28. The molecule has 2 atom stereocenters. The first-order valence-corrected chi connectivity index (χ1v) is 13.9. The van der Waals surface area contributed by atoms with Gasteiger partial charge in [0.1, 0.15) is 12.6 Å². The van der Waals surface area contributed by atoms with Crippen LogP contribution in [0.3, 0.4) is 0 Å². The van der Waals surface area contributed by atoms with Gasteiger partial charge in [0.15, 0.2) is 0 Å². The lowest BCUT2D eigenvalue weighted by molar-refractivity contribution is -0.139. The van der Waals surface area contributed by atoms with E-state index >= 15 is 0 Å². The molecule has 0 unspecified atom stereocenters. The van der Waals surface area contributed by atoms with Gasteiger partial charge in [0.25, 0.3) is 0 Å². The second-order valence-corrected chi connectivity index (χ2v) is 11.3. The van der Waals surface area contributed by atoms with E-state index in [9.17, 15) is 18.0 Å². The van der Waals surface area contributed by atoms with Crippen LogP contribution in [-0.2, 0) is 26.2 Å². The number of sulfonamides is 1. The number of carbonyl (C=O) groups excluding carboxylic acids is 2. The second kappa shape index (κ2) is 12.2. The summed E-state index contributed by atoms with van der Waals surface area (Å²) in [5, 5.41) is 2.94. The maximum atomic E-state index is 13.7. The zero-order valence-corrected chi connectivity index (χ0v) is 22.7. The van der Waals surface area contributed by atoms with Crippen LogP contribution in [0, 0.1) is 6.92 Å². The Morgan fingerprint density at radius 3 is 2.14 bits per heavy atom. The van der Waals surface area contributed by atoms with Crippen LogP contribution in [0.2, 0.25) is 0 Å². The van der Waals surface area contributed by atoms with Crippen molar-refractivity contribution in [2.45, 2.75) is 72.5 Å². The summed E-state index contributed by atoms with van der Waals surface area (Å²) >= 11 is 0. The van der Waals surface area contributed by atoms with Crippen molar-refractivity contribution in [3.8, 4) is 0 Å². The van der Waals surface area contributed by atoms with Crippen LogP contribution in [0.1, 0.15) is 63.6 Å². The average Bonchev–Trinajstić information content (AvgIpc) is 2.80. The number of nitrogens with one attached hydrogen (secondary N) is 1. The number of anilines is 1. The number of benzene rings is 2. The summed E-state index contributed by atoms with van der Waals surface area (Å²) in [5.74, 6) is -0.646.